The maximum atomic E-state index is 5.33. The van der Waals surface area contributed by atoms with E-state index in [9.17, 15) is 0 Å². The Balaban J connectivity index is 1.76. The minimum absolute atomic E-state index is 0.326. The maximum Gasteiger partial charge on any atom is 0.146 e. The van der Waals surface area contributed by atoms with Gasteiger partial charge in [0.1, 0.15) is 12.6 Å². The van der Waals surface area contributed by atoms with Crippen LogP contribution in [0.3, 0.4) is 0 Å². The molecule has 0 aliphatic carbocycles. The van der Waals surface area contributed by atoms with Gasteiger partial charge in [-0.05, 0) is 6.42 Å². The van der Waals surface area contributed by atoms with Crippen LogP contribution < -0.4 is 5.32 Å². The topological polar surface area (TPSA) is 44.9 Å². The third-order valence-electron chi connectivity index (χ3n) is 3.69. The Labute approximate surface area is 142 Å². The van der Waals surface area contributed by atoms with Gasteiger partial charge < -0.3 is 9.47 Å². The molecular formula is C20H21N2O2. The van der Waals surface area contributed by atoms with Gasteiger partial charge in [-0.25, -0.2) is 10.3 Å². The van der Waals surface area contributed by atoms with E-state index in [1.165, 1.54) is 0 Å². The largest absolute Gasteiger partial charge is 0.359 e. The van der Waals surface area contributed by atoms with E-state index in [-0.39, 0.29) is 0 Å². The number of rotatable bonds is 8. The lowest BCUT2D eigenvalue weighted by atomic mass is 10.1. The minimum Gasteiger partial charge on any atom is -0.359 e. The van der Waals surface area contributed by atoms with Gasteiger partial charge in [0.15, 0.2) is 0 Å². The van der Waals surface area contributed by atoms with Crippen molar-refractivity contribution in [3.05, 3.63) is 71.8 Å². The van der Waals surface area contributed by atoms with E-state index in [0.29, 0.717) is 13.4 Å². The molecule has 0 spiro atoms. The van der Waals surface area contributed by atoms with Gasteiger partial charge in [-0.2, -0.15) is 0 Å². The lowest BCUT2D eigenvalue weighted by Crippen LogP contribution is -2.11. The van der Waals surface area contributed by atoms with Gasteiger partial charge in [-0.15, -0.1) is 0 Å². The zero-order valence-electron chi connectivity index (χ0n) is 13.8. The number of hydrogen-bond acceptors (Lipinski definition) is 3. The molecule has 0 aromatic heterocycles. The van der Waals surface area contributed by atoms with Gasteiger partial charge in [-0.3, -0.25) is 0 Å². The Morgan fingerprint density at radius 1 is 0.833 bits per heavy atom. The quantitative estimate of drug-likeness (QED) is 0.546. The molecule has 0 unspecified atom stereocenters. The molecule has 0 saturated carbocycles. The lowest BCUT2D eigenvalue weighted by Gasteiger charge is -2.06. The molecule has 4 heteroatoms. The fourth-order valence-electron chi connectivity index (χ4n) is 2.57. The summed E-state index contributed by atoms with van der Waals surface area (Å²) in [5.41, 5.74) is 4.06. The highest BCUT2D eigenvalue weighted by atomic mass is 16.7. The van der Waals surface area contributed by atoms with E-state index in [1.807, 2.05) is 36.4 Å². The van der Waals surface area contributed by atoms with Gasteiger partial charge in [0.05, 0.1) is 11.4 Å². The standard InChI is InChI=1S/C20H21N2O2/c1-23-15-24-14-8-13-18-21-19(16-9-4-2-5-10-16)20(22-18)17-11-6-3-7-12-17/h2-7,9-12H,8,13-15H2,1H3. The first-order valence-electron chi connectivity index (χ1n) is 8.09. The predicted molar refractivity (Wildman–Crippen MR) is 96.3 cm³/mol. The molecule has 1 radical (unpaired) electrons. The summed E-state index contributed by atoms with van der Waals surface area (Å²) < 4.78 is 10.2. The Morgan fingerprint density at radius 3 is 2.08 bits per heavy atom. The summed E-state index contributed by atoms with van der Waals surface area (Å²) in [6.45, 7) is 0.968. The zero-order chi connectivity index (χ0) is 16.6. The Morgan fingerprint density at radius 2 is 1.46 bits per heavy atom. The highest BCUT2D eigenvalue weighted by Gasteiger charge is 2.21. The normalized spacial score (nSPS) is 13.8. The highest BCUT2D eigenvalue weighted by Crippen LogP contribution is 2.31. The van der Waals surface area contributed by atoms with Crippen molar-refractivity contribution in [2.24, 2.45) is 4.99 Å². The molecule has 123 valence electrons. The van der Waals surface area contributed by atoms with Crippen molar-refractivity contribution in [1.29, 1.82) is 0 Å². The summed E-state index contributed by atoms with van der Waals surface area (Å²) in [5, 5.41) is 4.78. The molecule has 4 nitrogen and oxygen atoms in total. The van der Waals surface area contributed by atoms with E-state index in [4.69, 9.17) is 19.8 Å². The molecule has 3 rings (SSSR count). The molecule has 24 heavy (non-hydrogen) atoms. The second-order valence-corrected chi connectivity index (χ2v) is 5.49. The number of nitrogens with zero attached hydrogens (tertiary/aromatic N) is 2. The van der Waals surface area contributed by atoms with Crippen molar-refractivity contribution in [3.8, 4) is 0 Å². The van der Waals surface area contributed by atoms with Crippen LogP contribution in [-0.4, -0.2) is 26.3 Å². The molecule has 0 amide bonds. The van der Waals surface area contributed by atoms with Crippen molar-refractivity contribution in [2.45, 2.75) is 12.8 Å². The number of methoxy groups -OCH3 is 1. The number of amidine groups is 1. The SMILES string of the molecule is COCOCCCC1=NC(c2ccccc2)=C(c2ccccc2)[N]1. The van der Waals surface area contributed by atoms with Crippen molar-refractivity contribution < 1.29 is 9.47 Å². The lowest BCUT2D eigenvalue weighted by molar-refractivity contribution is -0.0306. The summed E-state index contributed by atoms with van der Waals surface area (Å²) in [6, 6.07) is 20.4. The first kappa shape index (κ1) is 16.4. The van der Waals surface area contributed by atoms with Crippen LogP contribution in [0.15, 0.2) is 65.7 Å². The number of benzene rings is 2. The van der Waals surface area contributed by atoms with Crippen LogP contribution in [0.4, 0.5) is 0 Å². The maximum absolute atomic E-state index is 5.33. The van der Waals surface area contributed by atoms with Gasteiger partial charge in [0.25, 0.3) is 0 Å². The van der Waals surface area contributed by atoms with Crippen LogP contribution >= 0.6 is 0 Å². The number of aliphatic imine (C=N–C) groups is 1. The van der Waals surface area contributed by atoms with Gasteiger partial charge in [-0.1, -0.05) is 60.7 Å². The van der Waals surface area contributed by atoms with Crippen LogP contribution in [0.1, 0.15) is 24.0 Å². The van der Waals surface area contributed by atoms with Crippen molar-refractivity contribution in [1.82, 2.24) is 5.32 Å². The first-order valence-corrected chi connectivity index (χ1v) is 8.09. The van der Waals surface area contributed by atoms with Gasteiger partial charge in [0, 0.05) is 31.3 Å². The molecule has 2 aromatic carbocycles. The smallest absolute Gasteiger partial charge is 0.146 e. The second-order valence-electron chi connectivity index (χ2n) is 5.49. The molecule has 0 N–H and O–H groups in total. The Kier molecular flexibility index (Phi) is 5.77. The molecule has 1 aliphatic rings. The average molecular weight is 321 g/mol. The van der Waals surface area contributed by atoms with Crippen molar-refractivity contribution >= 4 is 17.2 Å². The predicted octanol–water partition coefficient (Wildman–Crippen LogP) is 3.93. The third-order valence-corrected chi connectivity index (χ3v) is 3.69. The van der Waals surface area contributed by atoms with Crippen LogP contribution in [0, 0.1) is 0 Å². The first-order chi connectivity index (χ1) is 11.9. The molecule has 0 saturated heterocycles. The molecule has 0 fully saturated rings. The fraction of sp³-hybridized carbons (Fsp3) is 0.250. The van der Waals surface area contributed by atoms with Crippen LogP contribution in [0.25, 0.3) is 11.4 Å². The van der Waals surface area contributed by atoms with E-state index in [2.05, 4.69) is 24.3 Å². The third kappa shape index (κ3) is 4.10. The van der Waals surface area contributed by atoms with Crippen molar-refractivity contribution in [2.75, 3.05) is 20.5 Å². The summed E-state index contributed by atoms with van der Waals surface area (Å²) in [4.78, 5) is 4.78. The Hall–Kier alpha value is -2.43. The molecule has 0 bridgehead atoms. The molecule has 1 aliphatic heterocycles. The van der Waals surface area contributed by atoms with E-state index in [1.54, 1.807) is 7.11 Å². The summed E-state index contributed by atoms with van der Waals surface area (Å²) in [6.07, 6.45) is 1.66. The van der Waals surface area contributed by atoms with Crippen LogP contribution in [0.5, 0.6) is 0 Å². The summed E-state index contributed by atoms with van der Waals surface area (Å²) >= 11 is 0. The minimum atomic E-state index is 0.326. The van der Waals surface area contributed by atoms with E-state index in [0.717, 1.165) is 41.2 Å². The summed E-state index contributed by atoms with van der Waals surface area (Å²) in [5.74, 6) is 0.855. The van der Waals surface area contributed by atoms with Crippen LogP contribution in [-0.2, 0) is 9.47 Å². The van der Waals surface area contributed by atoms with Gasteiger partial charge >= 0.3 is 0 Å². The second kappa shape index (κ2) is 8.43. The highest BCUT2D eigenvalue weighted by molar-refractivity contribution is 6.07. The monoisotopic (exact) mass is 321 g/mol. The van der Waals surface area contributed by atoms with E-state index >= 15 is 0 Å². The van der Waals surface area contributed by atoms with Gasteiger partial charge in [0.2, 0.25) is 0 Å². The molecule has 2 aromatic rings. The zero-order valence-corrected chi connectivity index (χ0v) is 13.8. The van der Waals surface area contributed by atoms with Crippen LogP contribution in [0.2, 0.25) is 0 Å². The Bertz CT molecular complexity index is 709. The summed E-state index contributed by atoms with van der Waals surface area (Å²) in [7, 11) is 1.62. The molecular weight excluding hydrogens is 300 g/mol. The molecule has 1 heterocycles. The number of ether oxygens (including phenoxy) is 2. The fourth-order valence-corrected chi connectivity index (χ4v) is 2.57. The average Bonchev–Trinajstić information content (AvgIpc) is 3.07. The number of hydrogen-bond donors (Lipinski definition) is 0. The van der Waals surface area contributed by atoms with E-state index < -0.39 is 0 Å². The molecule has 0 atom stereocenters. The van der Waals surface area contributed by atoms with Crippen molar-refractivity contribution in [3.63, 3.8) is 0 Å².